The van der Waals surface area contributed by atoms with E-state index in [0.717, 1.165) is 38.5 Å². The van der Waals surface area contributed by atoms with Crippen LogP contribution < -0.4 is 0 Å². The lowest BCUT2D eigenvalue weighted by atomic mass is 9.66. The summed E-state index contributed by atoms with van der Waals surface area (Å²) in [7, 11) is 0. The predicted octanol–water partition coefficient (Wildman–Crippen LogP) is 4.83. The first-order chi connectivity index (χ1) is 18.6. The summed E-state index contributed by atoms with van der Waals surface area (Å²) in [5, 5.41) is 10.5. The summed E-state index contributed by atoms with van der Waals surface area (Å²) in [5.74, 6) is -1.49. The zero-order valence-electron chi connectivity index (χ0n) is 24.6. The molecule has 2 amide bonds. The molecule has 4 unspecified atom stereocenters. The lowest BCUT2D eigenvalue weighted by Gasteiger charge is -2.43. The Morgan fingerprint density at radius 3 is 2.56 bits per heavy atom. The van der Waals surface area contributed by atoms with E-state index in [1.54, 1.807) is 22.7 Å². The number of amides is 2. The fraction of sp³-hybridized carbons (Fsp3) is 0.774. The molecule has 0 aromatic carbocycles. The summed E-state index contributed by atoms with van der Waals surface area (Å²) in [6, 6.07) is -1.23. The van der Waals surface area contributed by atoms with Crippen LogP contribution in [0.15, 0.2) is 25.3 Å². The van der Waals surface area contributed by atoms with E-state index < -0.39 is 28.7 Å². The number of rotatable bonds is 16. The van der Waals surface area contributed by atoms with Gasteiger partial charge in [-0.3, -0.25) is 14.4 Å². The number of likely N-dealkylation sites (tertiary alicyclic amines) is 1. The highest BCUT2D eigenvalue weighted by Crippen LogP contribution is 2.69. The number of hydrogen-bond donors (Lipinski definition) is 1. The molecule has 0 aromatic rings. The van der Waals surface area contributed by atoms with E-state index in [1.165, 1.54) is 0 Å². The normalized spacial score (nSPS) is 30.8. The lowest BCUT2D eigenvalue weighted by molar-refractivity contribution is -0.155. The zero-order valence-corrected chi connectivity index (χ0v) is 25.5. The molecule has 0 radical (unpaired) electrons. The molecule has 3 fully saturated rings. The first kappa shape index (κ1) is 31.7. The van der Waals surface area contributed by atoms with Gasteiger partial charge < -0.3 is 19.6 Å². The molecule has 220 valence electrons. The summed E-state index contributed by atoms with van der Waals surface area (Å²) < 4.78 is 5.02. The molecule has 8 atom stereocenters. The Labute approximate surface area is 239 Å². The van der Waals surface area contributed by atoms with Gasteiger partial charge in [0.1, 0.15) is 6.04 Å². The minimum absolute atomic E-state index is 0.0131. The van der Waals surface area contributed by atoms with E-state index >= 15 is 0 Å². The van der Waals surface area contributed by atoms with Gasteiger partial charge in [-0.15, -0.1) is 24.9 Å². The number of carbonyl (C=O) groups is 3. The summed E-state index contributed by atoms with van der Waals surface area (Å²) in [6.45, 7) is 18.5. The minimum atomic E-state index is -0.736. The number of aliphatic hydroxyl groups excluding tert-OH is 1. The molecule has 1 spiro atoms. The Balaban J connectivity index is 2.04. The van der Waals surface area contributed by atoms with Gasteiger partial charge >= 0.3 is 5.97 Å². The average molecular weight is 563 g/mol. The standard InChI is InChI=1S/C31H50N2O5S/c1-8-11-12-13-16-38-30(37)25-24-18-21(6)31(39-24)26(25)28(35)33(23(19-34)17-20(4)5)27(31)29(36)32(15-10-3)22(7)14-9-2/h8,10,20-27,34H,1,3,9,11-19H2,2,4-7H3/t21?,22?,23-,24+,25-,26+,27?,31?/m1/s1. The van der Waals surface area contributed by atoms with Crippen molar-refractivity contribution in [3.05, 3.63) is 25.3 Å². The van der Waals surface area contributed by atoms with E-state index in [1.807, 2.05) is 17.9 Å². The summed E-state index contributed by atoms with van der Waals surface area (Å²) in [6.07, 6.45) is 9.25. The molecule has 8 heteroatoms. The van der Waals surface area contributed by atoms with Gasteiger partial charge in [0.15, 0.2) is 0 Å². The maximum atomic E-state index is 14.6. The van der Waals surface area contributed by atoms with Gasteiger partial charge in [-0.2, -0.15) is 0 Å². The molecule has 7 nitrogen and oxygen atoms in total. The number of allylic oxidation sites excluding steroid dienone is 1. The summed E-state index contributed by atoms with van der Waals surface area (Å²) >= 11 is 1.66. The Kier molecular flexibility index (Phi) is 11.2. The SMILES string of the molecule is C=CCCCCOC(=O)[C@@H]1[C@@H]2CC(C)C3(S2)C(C(=O)N(CC=C)C(C)CCC)N([C@@H](CO)CC(C)C)C(=O)[C@H]13. The monoisotopic (exact) mass is 562 g/mol. The van der Waals surface area contributed by atoms with Crippen molar-refractivity contribution in [2.24, 2.45) is 23.7 Å². The van der Waals surface area contributed by atoms with Crippen molar-refractivity contribution in [2.75, 3.05) is 19.8 Å². The highest BCUT2D eigenvalue weighted by molar-refractivity contribution is 8.02. The topological polar surface area (TPSA) is 87.2 Å². The second kappa shape index (κ2) is 13.7. The van der Waals surface area contributed by atoms with Crippen LogP contribution in [0.4, 0.5) is 0 Å². The van der Waals surface area contributed by atoms with Crippen LogP contribution in [0.5, 0.6) is 0 Å². The van der Waals surface area contributed by atoms with Crippen molar-refractivity contribution < 1.29 is 24.2 Å². The molecule has 3 aliphatic heterocycles. The van der Waals surface area contributed by atoms with E-state index in [4.69, 9.17) is 4.74 Å². The van der Waals surface area contributed by atoms with E-state index in [0.29, 0.717) is 19.6 Å². The number of hydrogen-bond acceptors (Lipinski definition) is 6. The molecular weight excluding hydrogens is 512 g/mol. The second-order valence-electron chi connectivity index (χ2n) is 12.1. The molecular formula is C31H50N2O5S. The van der Waals surface area contributed by atoms with Gasteiger partial charge in [0.05, 0.1) is 35.8 Å². The third kappa shape index (κ3) is 5.97. The molecule has 3 aliphatic rings. The largest absolute Gasteiger partial charge is 0.465 e. The lowest BCUT2D eigenvalue weighted by Crippen LogP contribution is -2.60. The number of nitrogens with zero attached hydrogens (tertiary/aromatic N) is 2. The molecule has 3 rings (SSSR count). The quantitative estimate of drug-likeness (QED) is 0.165. The Hall–Kier alpha value is -1.80. The zero-order chi connectivity index (χ0) is 28.9. The van der Waals surface area contributed by atoms with Crippen LogP contribution in [0, 0.1) is 23.7 Å². The second-order valence-corrected chi connectivity index (χ2v) is 13.7. The van der Waals surface area contributed by atoms with Crippen molar-refractivity contribution in [2.45, 2.75) is 108 Å². The fourth-order valence-electron chi connectivity index (χ4n) is 7.24. The molecule has 1 N–H and O–H groups in total. The molecule has 0 aliphatic carbocycles. The number of carbonyl (C=O) groups excluding carboxylic acids is 3. The maximum absolute atomic E-state index is 14.6. The van der Waals surface area contributed by atoms with Gasteiger partial charge in [0, 0.05) is 17.8 Å². The van der Waals surface area contributed by atoms with Gasteiger partial charge in [-0.25, -0.2) is 0 Å². The van der Waals surface area contributed by atoms with Crippen LogP contribution in [0.1, 0.15) is 79.6 Å². The van der Waals surface area contributed by atoms with Crippen LogP contribution in [0.25, 0.3) is 0 Å². The Morgan fingerprint density at radius 2 is 1.97 bits per heavy atom. The van der Waals surface area contributed by atoms with Crippen molar-refractivity contribution in [1.29, 1.82) is 0 Å². The van der Waals surface area contributed by atoms with Crippen molar-refractivity contribution in [3.63, 3.8) is 0 Å². The number of aliphatic hydroxyl groups is 1. The molecule has 0 saturated carbocycles. The Morgan fingerprint density at radius 1 is 1.26 bits per heavy atom. The smallest absolute Gasteiger partial charge is 0.310 e. The maximum Gasteiger partial charge on any atom is 0.310 e. The highest BCUT2D eigenvalue weighted by atomic mass is 32.2. The van der Waals surface area contributed by atoms with E-state index in [2.05, 4.69) is 40.9 Å². The summed E-state index contributed by atoms with van der Waals surface area (Å²) in [4.78, 5) is 46.1. The molecule has 3 saturated heterocycles. The highest BCUT2D eigenvalue weighted by Gasteiger charge is 2.77. The van der Waals surface area contributed by atoms with Crippen molar-refractivity contribution in [1.82, 2.24) is 9.80 Å². The molecule has 3 heterocycles. The first-order valence-electron chi connectivity index (χ1n) is 14.9. The fourth-order valence-corrected chi connectivity index (χ4v) is 9.63. The number of esters is 1. The van der Waals surface area contributed by atoms with Gasteiger partial charge in [0.25, 0.3) is 0 Å². The van der Waals surface area contributed by atoms with Crippen molar-refractivity contribution >= 4 is 29.5 Å². The van der Waals surface area contributed by atoms with Crippen LogP contribution in [0.2, 0.25) is 0 Å². The van der Waals surface area contributed by atoms with Gasteiger partial charge in [0.2, 0.25) is 11.8 Å². The van der Waals surface area contributed by atoms with Crippen LogP contribution >= 0.6 is 11.8 Å². The number of thioether (sulfide) groups is 1. The molecule has 0 aromatic heterocycles. The van der Waals surface area contributed by atoms with E-state index in [9.17, 15) is 19.5 Å². The van der Waals surface area contributed by atoms with Crippen LogP contribution in [-0.4, -0.2) is 80.6 Å². The van der Waals surface area contributed by atoms with Gasteiger partial charge in [-0.05, 0) is 57.3 Å². The van der Waals surface area contributed by atoms with Crippen molar-refractivity contribution in [3.8, 4) is 0 Å². The molecule has 39 heavy (non-hydrogen) atoms. The average Bonchev–Trinajstić information content (AvgIpc) is 3.48. The first-order valence-corrected chi connectivity index (χ1v) is 15.8. The number of unbranched alkanes of at least 4 members (excludes halogenated alkanes) is 2. The molecule has 2 bridgehead atoms. The third-order valence-corrected chi connectivity index (χ3v) is 11.0. The number of ether oxygens (including phenoxy) is 1. The predicted molar refractivity (Wildman–Crippen MR) is 157 cm³/mol. The summed E-state index contributed by atoms with van der Waals surface area (Å²) in [5.41, 5.74) is 0. The Bertz CT molecular complexity index is 909. The number of fused-ring (bicyclic) bond motifs is 1. The van der Waals surface area contributed by atoms with Gasteiger partial charge in [-0.1, -0.05) is 46.3 Å². The van der Waals surface area contributed by atoms with Crippen LogP contribution in [0.3, 0.4) is 0 Å². The van der Waals surface area contributed by atoms with E-state index in [-0.39, 0.29) is 47.5 Å². The third-order valence-electron chi connectivity index (χ3n) is 8.93. The minimum Gasteiger partial charge on any atom is -0.465 e. The van der Waals surface area contributed by atoms with Crippen LogP contribution in [-0.2, 0) is 19.1 Å².